The van der Waals surface area contributed by atoms with Crippen LogP contribution in [0.2, 0.25) is 0 Å². The van der Waals surface area contributed by atoms with Gasteiger partial charge in [-0.1, -0.05) is 34.9 Å². The monoisotopic (exact) mass is 201 g/mol. The van der Waals surface area contributed by atoms with Gasteiger partial charge in [-0.3, -0.25) is 0 Å². The molecular formula is C11H11N3O. The van der Waals surface area contributed by atoms with Crippen molar-refractivity contribution < 1.29 is 4.42 Å². The molecule has 0 spiro atoms. The molecule has 2 rings (SSSR count). The van der Waals surface area contributed by atoms with Gasteiger partial charge in [0, 0.05) is 6.08 Å². The molecule has 0 bridgehead atoms. The number of nitrogen functional groups attached to an aromatic ring is 1. The lowest BCUT2D eigenvalue weighted by molar-refractivity contribution is 0.563. The highest BCUT2D eigenvalue weighted by atomic mass is 16.4. The summed E-state index contributed by atoms with van der Waals surface area (Å²) in [5.74, 6) is 0.410. The molecule has 0 saturated carbocycles. The predicted molar refractivity (Wildman–Crippen MR) is 58.8 cm³/mol. The second kappa shape index (κ2) is 3.96. The molecule has 0 unspecified atom stereocenters. The van der Waals surface area contributed by atoms with Crippen molar-refractivity contribution in [3.63, 3.8) is 0 Å². The molecule has 15 heavy (non-hydrogen) atoms. The molecule has 4 nitrogen and oxygen atoms in total. The minimum absolute atomic E-state index is 0.0820. The van der Waals surface area contributed by atoms with E-state index in [-0.39, 0.29) is 6.01 Å². The molecule has 0 aliphatic heterocycles. The van der Waals surface area contributed by atoms with Crippen LogP contribution in [0.3, 0.4) is 0 Å². The van der Waals surface area contributed by atoms with Crippen molar-refractivity contribution in [2.75, 3.05) is 5.73 Å². The lowest BCUT2D eigenvalue weighted by atomic mass is 10.1. The molecule has 2 N–H and O–H groups in total. The summed E-state index contributed by atoms with van der Waals surface area (Å²) in [6.45, 7) is 2.05. The van der Waals surface area contributed by atoms with Crippen LogP contribution in [0.4, 0.5) is 6.01 Å². The number of hydrogen-bond acceptors (Lipinski definition) is 4. The van der Waals surface area contributed by atoms with Crippen LogP contribution < -0.4 is 5.73 Å². The fourth-order valence-corrected chi connectivity index (χ4v) is 1.16. The first kappa shape index (κ1) is 9.45. The maximum atomic E-state index is 5.29. The molecule has 2 aromatic rings. The van der Waals surface area contributed by atoms with E-state index in [9.17, 15) is 0 Å². The fraction of sp³-hybridized carbons (Fsp3) is 0.0909. The number of nitrogens with two attached hydrogens (primary N) is 1. The van der Waals surface area contributed by atoms with Crippen molar-refractivity contribution in [3.05, 3.63) is 41.3 Å². The van der Waals surface area contributed by atoms with Gasteiger partial charge in [0.1, 0.15) is 0 Å². The quantitative estimate of drug-likeness (QED) is 0.808. The summed E-state index contributed by atoms with van der Waals surface area (Å²) >= 11 is 0. The Morgan fingerprint density at radius 2 is 1.87 bits per heavy atom. The van der Waals surface area contributed by atoms with Gasteiger partial charge in [-0.15, -0.1) is 5.10 Å². The minimum Gasteiger partial charge on any atom is -0.404 e. The lowest BCUT2D eigenvalue weighted by Crippen LogP contribution is -1.81. The molecule has 0 atom stereocenters. The lowest BCUT2D eigenvalue weighted by Gasteiger charge is -1.93. The highest BCUT2D eigenvalue weighted by Crippen LogP contribution is 2.09. The number of aryl methyl sites for hydroxylation is 1. The van der Waals surface area contributed by atoms with Gasteiger partial charge < -0.3 is 10.2 Å². The van der Waals surface area contributed by atoms with Crippen LogP contribution >= 0.6 is 0 Å². The van der Waals surface area contributed by atoms with Crippen LogP contribution in [-0.2, 0) is 0 Å². The third-order valence-corrected chi connectivity index (χ3v) is 1.95. The Morgan fingerprint density at radius 1 is 1.13 bits per heavy atom. The molecule has 0 fully saturated rings. The standard InChI is InChI=1S/C11H11N3O/c1-8-2-4-9(5-3-8)6-7-10-13-14-11(12)15-10/h2-7H,1H3,(H2,12,14)/b7-6+. The number of hydrogen-bond donors (Lipinski definition) is 1. The molecule has 1 aromatic carbocycles. The molecule has 0 aliphatic rings. The normalized spacial score (nSPS) is 11.0. The zero-order valence-electron chi connectivity index (χ0n) is 8.34. The van der Waals surface area contributed by atoms with Crippen molar-refractivity contribution in [2.45, 2.75) is 6.92 Å². The third-order valence-electron chi connectivity index (χ3n) is 1.95. The Kier molecular flexibility index (Phi) is 2.49. The maximum Gasteiger partial charge on any atom is 0.313 e. The van der Waals surface area contributed by atoms with Crippen LogP contribution in [0.15, 0.2) is 28.7 Å². The van der Waals surface area contributed by atoms with Crippen LogP contribution in [0.5, 0.6) is 0 Å². The molecule has 0 amide bonds. The van der Waals surface area contributed by atoms with Gasteiger partial charge in [0.05, 0.1) is 0 Å². The van der Waals surface area contributed by atoms with Crippen molar-refractivity contribution in [2.24, 2.45) is 0 Å². The Bertz CT molecular complexity index is 471. The Morgan fingerprint density at radius 3 is 2.47 bits per heavy atom. The van der Waals surface area contributed by atoms with E-state index in [1.165, 1.54) is 5.56 Å². The highest BCUT2D eigenvalue weighted by molar-refractivity contribution is 5.66. The van der Waals surface area contributed by atoms with Crippen molar-refractivity contribution in [3.8, 4) is 0 Å². The van der Waals surface area contributed by atoms with Gasteiger partial charge in [-0.05, 0) is 18.6 Å². The summed E-state index contributed by atoms with van der Waals surface area (Å²) < 4.78 is 5.00. The topological polar surface area (TPSA) is 64.9 Å². The van der Waals surface area contributed by atoms with E-state index in [0.29, 0.717) is 5.89 Å². The largest absolute Gasteiger partial charge is 0.404 e. The number of aromatic nitrogens is 2. The number of anilines is 1. The molecule has 0 radical (unpaired) electrons. The van der Waals surface area contributed by atoms with E-state index < -0.39 is 0 Å². The first-order valence-corrected chi connectivity index (χ1v) is 4.58. The van der Waals surface area contributed by atoms with Gasteiger partial charge in [0.2, 0.25) is 5.89 Å². The van der Waals surface area contributed by atoms with Gasteiger partial charge in [0.15, 0.2) is 0 Å². The number of nitrogens with zero attached hydrogens (tertiary/aromatic N) is 2. The second-order valence-corrected chi connectivity index (χ2v) is 3.22. The molecule has 0 saturated heterocycles. The highest BCUT2D eigenvalue weighted by Gasteiger charge is 1.96. The summed E-state index contributed by atoms with van der Waals surface area (Å²) in [4.78, 5) is 0. The molecule has 1 heterocycles. The molecule has 0 aliphatic carbocycles. The molecule has 4 heteroatoms. The summed E-state index contributed by atoms with van der Waals surface area (Å²) in [5.41, 5.74) is 7.60. The van der Waals surface area contributed by atoms with Crippen LogP contribution in [0.1, 0.15) is 17.0 Å². The first-order chi connectivity index (χ1) is 7.24. The Labute approximate surface area is 87.4 Å². The van der Waals surface area contributed by atoms with E-state index in [1.807, 2.05) is 37.3 Å². The van der Waals surface area contributed by atoms with Gasteiger partial charge >= 0.3 is 6.01 Å². The summed E-state index contributed by atoms with van der Waals surface area (Å²) in [7, 11) is 0. The summed E-state index contributed by atoms with van der Waals surface area (Å²) in [6.07, 6.45) is 3.63. The van der Waals surface area contributed by atoms with Crippen molar-refractivity contribution in [1.82, 2.24) is 10.2 Å². The van der Waals surface area contributed by atoms with Crippen molar-refractivity contribution in [1.29, 1.82) is 0 Å². The molecular weight excluding hydrogens is 190 g/mol. The van der Waals surface area contributed by atoms with E-state index in [0.717, 1.165) is 5.56 Å². The predicted octanol–water partition coefficient (Wildman–Crippen LogP) is 2.13. The van der Waals surface area contributed by atoms with E-state index >= 15 is 0 Å². The number of rotatable bonds is 2. The fourth-order valence-electron chi connectivity index (χ4n) is 1.16. The Hall–Kier alpha value is -2.10. The van der Waals surface area contributed by atoms with Crippen LogP contribution in [0.25, 0.3) is 12.2 Å². The first-order valence-electron chi connectivity index (χ1n) is 4.58. The summed E-state index contributed by atoms with van der Waals surface area (Å²) in [5, 5.41) is 7.27. The second-order valence-electron chi connectivity index (χ2n) is 3.22. The van der Waals surface area contributed by atoms with Gasteiger partial charge in [-0.25, -0.2) is 0 Å². The minimum atomic E-state index is 0.0820. The number of benzene rings is 1. The van der Waals surface area contributed by atoms with E-state index in [1.54, 1.807) is 6.08 Å². The summed E-state index contributed by atoms with van der Waals surface area (Å²) in [6, 6.07) is 8.21. The van der Waals surface area contributed by atoms with Crippen LogP contribution in [0, 0.1) is 6.92 Å². The Balaban J connectivity index is 2.14. The zero-order chi connectivity index (χ0) is 10.7. The van der Waals surface area contributed by atoms with Gasteiger partial charge in [0.25, 0.3) is 0 Å². The molecule has 1 aromatic heterocycles. The average Bonchev–Trinajstić information content (AvgIpc) is 2.64. The third kappa shape index (κ3) is 2.43. The zero-order valence-corrected chi connectivity index (χ0v) is 8.34. The SMILES string of the molecule is Cc1ccc(/C=C/c2nnc(N)o2)cc1. The van der Waals surface area contributed by atoms with Crippen molar-refractivity contribution >= 4 is 18.2 Å². The van der Waals surface area contributed by atoms with E-state index in [2.05, 4.69) is 10.2 Å². The van der Waals surface area contributed by atoms with Crippen LogP contribution in [-0.4, -0.2) is 10.2 Å². The van der Waals surface area contributed by atoms with Gasteiger partial charge in [-0.2, -0.15) is 0 Å². The molecule has 76 valence electrons. The maximum absolute atomic E-state index is 5.29. The van der Waals surface area contributed by atoms with E-state index in [4.69, 9.17) is 10.2 Å². The smallest absolute Gasteiger partial charge is 0.313 e. The average molecular weight is 201 g/mol.